The van der Waals surface area contributed by atoms with Gasteiger partial charge in [-0.15, -0.1) is 6.58 Å². The third-order valence-electron chi connectivity index (χ3n) is 3.58. The number of hydrogen-bond donors (Lipinski definition) is 0. The van der Waals surface area contributed by atoms with Crippen LogP contribution in [0.4, 0.5) is 0 Å². The van der Waals surface area contributed by atoms with Crippen LogP contribution in [-0.4, -0.2) is 18.0 Å². The minimum absolute atomic E-state index is 0.536. The smallest absolute Gasteiger partial charge is 0.0353 e. The first-order chi connectivity index (χ1) is 6.59. The average Bonchev–Trinajstić information content (AvgIpc) is 2.52. The quantitative estimate of drug-likeness (QED) is 0.608. The lowest BCUT2D eigenvalue weighted by atomic mass is 10.1. The number of nitrogens with zero attached hydrogens (tertiary/aromatic N) is 1. The molecular formula is C13H23N. The van der Waals surface area contributed by atoms with E-state index in [1.54, 1.807) is 0 Å². The molecule has 0 aromatic heterocycles. The Hall–Kier alpha value is -0.720. The first-order valence-corrected chi connectivity index (χ1v) is 5.63. The standard InChI is InChI=1S/C11H17N.C2H6/c1-5-6-12-7-9-10(8(12)2)11(9,3)4;1-2/h5,9-10H,1-2,6-7H2,3-4H3;1-2H3. The molecule has 2 unspecified atom stereocenters. The molecule has 80 valence electrons. The third-order valence-corrected chi connectivity index (χ3v) is 3.58. The second-order valence-corrected chi connectivity index (χ2v) is 4.59. The van der Waals surface area contributed by atoms with Crippen LogP contribution in [0.1, 0.15) is 27.7 Å². The lowest BCUT2D eigenvalue weighted by Gasteiger charge is -2.24. The number of likely N-dealkylation sites (tertiary alicyclic amines) is 1. The molecule has 1 aliphatic carbocycles. The van der Waals surface area contributed by atoms with Crippen LogP contribution in [-0.2, 0) is 0 Å². The van der Waals surface area contributed by atoms with E-state index in [1.165, 1.54) is 12.2 Å². The molecule has 2 rings (SSSR count). The van der Waals surface area contributed by atoms with Crippen molar-refractivity contribution in [2.45, 2.75) is 27.7 Å². The van der Waals surface area contributed by atoms with Gasteiger partial charge in [-0.25, -0.2) is 0 Å². The SMILES string of the molecule is C=CCN1CC2C(C1=C)C2(C)C.CC. The highest BCUT2D eigenvalue weighted by atomic mass is 15.2. The molecule has 0 aromatic rings. The van der Waals surface area contributed by atoms with Crippen LogP contribution in [0.15, 0.2) is 24.9 Å². The van der Waals surface area contributed by atoms with Gasteiger partial charge in [0, 0.05) is 24.7 Å². The van der Waals surface area contributed by atoms with Crippen molar-refractivity contribution in [2.75, 3.05) is 13.1 Å². The fourth-order valence-electron chi connectivity index (χ4n) is 2.65. The molecule has 1 saturated heterocycles. The highest BCUT2D eigenvalue weighted by Gasteiger charge is 2.63. The molecule has 0 radical (unpaired) electrons. The third kappa shape index (κ3) is 1.49. The van der Waals surface area contributed by atoms with Gasteiger partial charge in [-0.2, -0.15) is 0 Å². The summed E-state index contributed by atoms with van der Waals surface area (Å²) in [5.74, 6) is 1.63. The van der Waals surface area contributed by atoms with E-state index in [2.05, 4.69) is 31.9 Å². The van der Waals surface area contributed by atoms with E-state index >= 15 is 0 Å². The van der Waals surface area contributed by atoms with E-state index in [4.69, 9.17) is 0 Å². The summed E-state index contributed by atoms with van der Waals surface area (Å²) in [6.45, 7) is 18.8. The van der Waals surface area contributed by atoms with Crippen molar-refractivity contribution in [3.63, 3.8) is 0 Å². The van der Waals surface area contributed by atoms with E-state index in [9.17, 15) is 0 Å². The molecule has 1 saturated carbocycles. The van der Waals surface area contributed by atoms with Crippen molar-refractivity contribution in [3.8, 4) is 0 Å². The first-order valence-electron chi connectivity index (χ1n) is 5.63. The Bertz CT molecular complexity index is 240. The minimum atomic E-state index is 0.536. The summed E-state index contributed by atoms with van der Waals surface area (Å²) in [6, 6.07) is 0. The monoisotopic (exact) mass is 193 g/mol. The maximum atomic E-state index is 4.15. The van der Waals surface area contributed by atoms with Crippen LogP contribution in [0.2, 0.25) is 0 Å². The van der Waals surface area contributed by atoms with Gasteiger partial charge >= 0.3 is 0 Å². The summed E-state index contributed by atoms with van der Waals surface area (Å²) in [6.07, 6.45) is 1.96. The first kappa shape index (κ1) is 11.4. The summed E-state index contributed by atoms with van der Waals surface area (Å²) >= 11 is 0. The van der Waals surface area contributed by atoms with Crippen LogP contribution in [0, 0.1) is 17.3 Å². The number of hydrogen-bond acceptors (Lipinski definition) is 1. The Morgan fingerprint density at radius 2 is 2.07 bits per heavy atom. The zero-order chi connectivity index (χ0) is 10.9. The lowest BCUT2D eigenvalue weighted by molar-refractivity contribution is 0.336. The Labute approximate surface area is 88.5 Å². The zero-order valence-electron chi connectivity index (χ0n) is 10.0. The van der Waals surface area contributed by atoms with E-state index in [0.29, 0.717) is 5.41 Å². The van der Waals surface area contributed by atoms with Gasteiger partial charge in [-0.3, -0.25) is 0 Å². The van der Waals surface area contributed by atoms with Gasteiger partial charge in [-0.05, 0) is 11.3 Å². The molecule has 0 aromatic carbocycles. The summed E-state index contributed by atoms with van der Waals surface area (Å²) in [5, 5.41) is 0. The Morgan fingerprint density at radius 1 is 1.50 bits per heavy atom. The molecule has 0 bridgehead atoms. The molecule has 2 atom stereocenters. The summed E-state index contributed by atoms with van der Waals surface area (Å²) in [4.78, 5) is 2.35. The summed E-state index contributed by atoms with van der Waals surface area (Å²) in [5.41, 5.74) is 1.87. The van der Waals surface area contributed by atoms with Crippen molar-refractivity contribution in [2.24, 2.45) is 17.3 Å². The molecule has 14 heavy (non-hydrogen) atoms. The normalized spacial score (nSPS) is 31.7. The number of piperidine rings is 1. The largest absolute Gasteiger partial charge is 0.371 e. The molecule has 2 aliphatic rings. The highest BCUT2D eigenvalue weighted by molar-refractivity contribution is 5.27. The molecule has 0 amide bonds. The van der Waals surface area contributed by atoms with Crippen molar-refractivity contribution in [3.05, 3.63) is 24.9 Å². The van der Waals surface area contributed by atoms with Gasteiger partial charge in [0.2, 0.25) is 0 Å². The molecule has 0 N–H and O–H groups in total. The molecule has 0 spiro atoms. The Balaban J connectivity index is 0.000000461. The van der Waals surface area contributed by atoms with Crippen molar-refractivity contribution < 1.29 is 0 Å². The summed E-state index contributed by atoms with van der Waals surface area (Å²) < 4.78 is 0. The van der Waals surface area contributed by atoms with Gasteiger partial charge in [0.1, 0.15) is 0 Å². The van der Waals surface area contributed by atoms with Crippen LogP contribution in [0.5, 0.6) is 0 Å². The number of allylic oxidation sites excluding steroid dienone is 1. The van der Waals surface area contributed by atoms with Crippen LogP contribution in [0.25, 0.3) is 0 Å². The van der Waals surface area contributed by atoms with Crippen LogP contribution >= 0.6 is 0 Å². The van der Waals surface area contributed by atoms with E-state index < -0.39 is 0 Å². The van der Waals surface area contributed by atoms with Crippen molar-refractivity contribution >= 4 is 0 Å². The molecule has 1 aliphatic heterocycles. The number of rotatable bonds is 2. The molecule has 1 heteroatoms. The lowest BCUT2D eigenvalue weighted by Crippen LogP contribution is -2.24. The van der Waals surface area contributed by atoms with Crippen LogP contribution in [0.3, 0.4) is 0 Å². The second-order valence-electron chi connectivity index (χ2n) is 4.59. The predicted octanol–water partition coefficient (Wildman–Crippen LogP) is 3.30. The fourth-order valence-corrected chi connectivity index (χ4v) is 2.65. The van der Waals surface area contributed by atoms with Gasteiger partial charge in [0.15, 0.2) is 0 Å². The predicted molar refractivity (Wildman–Crippen MR) is 63.0 cm³/mol. The molecule has 1 heterocycles. The maximum absolute atomic E-state index is 4.15. The minimum Gasteiger partial charge on any atom is -0.371 e. The zero-order valence-corrected chi connectivity index (χ0v) is 10.0. The van der Waals surface area contributed by atoms with Gasteiger partial charge in [0.05, 0.1) is 0 Å². The van der Waals surface area contributed by atoms with Gasteiger partial charge in [0.25, 0.3) is 0 Å². The Kier molecular flexibility index (Phi) is 3.08. The highest BCUT2D eigenvalue weighted by Crippen LogP contribution is 2.65. The van der Waals surface area contributed by atoms with E-state index in [-0.39, 0.29) is 0 Å². The Morgan fingerprint density at radius 3 is 2.43 bits per heavy atom. The molecule has 2 fully saturated rings. The fraction of sp³-hybridized carbons (Fsp3) is 0.692. The van der Waals surface area contributed by atoms with E-state index in [1.807, 2.05) is 19.9 Å². The second kappa shape index (κ2) is 3.80. The van der Waals surface area contributed by atoms with Gasteiger partial charge in [-0.1, -0.05) is 40.3 Å². The van der Waals surface area contributed by atoms with Crippen molar-refractivity contribution in [1.82, 2.24) is 4.90 Å². The average molecular weight is 193 g/mol. The summed E-state index contributed by atoms with van der Waals surface area (Å²) in [7, 11) is 0. The van der Waals surface area contributed by atoms with Crippen molar-refractivity contribution in [1.29, 1.82) is 0 Å². The van der Waals surface area contributed by atoms with E-state index in [0.717, 1.165) is 18.4 Å². The topological polar surface area (TPSA) is 3.24 Å². The molecule has 1 nitrogen and oxygen atoms in total. The van der Waals surface area contributed by atoms with Gasteiger partial charge < -0.3 is 4.90 Å². The number of fused-ring (bicyclic) bond motifs is 1. The molecular weight excluding hydrogens is 170 g/mol. The maximum Gasteiger partial charge on any atom is 0.0353 e. The van der Waals surface area contributed by atoms with Crippen LogP contribution < -0.4 is 0 Å².